The van der Waals surface area contributed by atoms with E-state index in [4.69, 9.17) is 16.3 Å². The van der Waals surface area contributed by atoms with Gasteiger partial charge >= 0.3 is 5.97 Å². The number of aryl methyl sites for hydroxylation is 1. The Labute approximate surface area is 197 Å². The van der Waals surface area contributed by atoms with E-state index < -0.39 is 33.4 Å². The van der Waals surface area contributed by atoms with Crippen molar-refractivity contribution in [3.8, 4) is 0 Å². The van der Waals surface area contributed by atoms with Gasteiger partial charge in [-0.05, 0) is 52.2 Å². The number of rotatable bonds is 6. The summed E-state index contributed by atoms with van der Waals surface area (Å²) in [6.45, 7) is 7.26. The summed E-state index contributed by atoms with van der Waals surface area (Å²) in [6, 6.07) is 3.96. The van der Waals surface area contributed by atoms with Crippen molar-refractivity contribution in [1.29, 1.82) is 0 Å². The molecule has 9 heteroatoms. The number of carbonyl (C=O) groups excluding carboxylic acids is 3. The van der Waals surface area contributed by atoms with Crippen molar-refractivity contribution in [2.45, 2.75) is 62.1 Å². The van der Waals surface area contributed by atoms with Crippen LogP contribution in [0.4, 0.5) is 5.69 Å². The third kappa shape index (κ3) is 3.25. The average molecular weight is 481 g/mol. The van der Waals surface area contributed by atoms with E-state index in [-0.39, 0.29) is 31.0 Å². The van der Waals surface area contributed by atoms with Crippen molar-refractivity contribution >= 4 is 46.8 Å². The number of likely N-dealkylation sites (tertiary alicyclic amines) is 1. The van der Waals surface area contributed by atoms with Gasteiger partial charge in [0.2, 0.25) is 11.8 Å². The highest BCUT2D eigenvalue weighted by Crippen LogP contribution is 2.71. The van der Waals surface area contributed by atoms with Crippen molar-refractivity contribution < 1.29 is 24.2 Å². The van der Waals surface area contributed by atoms with E-state index in [9.17, 15) is 19.5 Å². The van der Waals surface area contributed by atoms with Gasteiger partial charge in [-0.1, -0.05) is 23.7 Å². The second kappa shape index (κ2) is 8.22. The maximum absolute atomic E-state index is 13.8. The van der Waals surface area contributed by atoms with Gasteiger partial charge in [-0.25, -0.2) is 0 Å². The molecule has 0 radical (unpaired) electrons. The van der Waals surface area contributed by atoms with Crippen molar-refractivity contribution in [3.05, 3.63) is 28.8 Å². The van der Waals surface area contributed by atoms with Crippen LogP contribution < -0.4 is 5.32 Å². The summed E-state index contributed by atoms with van der Waals surface area (Å²) >= 11 is 7.91. The molecule has 0 aliphatic carbocycles. The fourth-order valence-electron chi connectivity index (χ4n) is 5.80. The van der Waals surface area contributed by atoms with Crippen molar-refractivity contribution in [3.63, 3.8) is 0 Å². The first-order chi connectivity index (χ1) is 15.1. The molecule has 3 aliphatic heterocycles. The van der Waals surface area contributed by atoms with E-state index in [1.54, 1.807) is 37.7 Å². The number of anilines is 1. The summed E-state index contributed by atoms with van der Waals surface area (Å²) in [5.74, 6) is -2.29. The molecule has 2 N–H and O–H groups in total. The zero-order valence-corrected chi connectivity index (χ0v) is 20.3. The summed E-state index contributed by atoms with van der Waals surface area (Å²) in [7, 11) is 0. The normalized spacial score (nSPS) is 33.9. The highest BCUT2D eigenvalue weighted by Gasteiger charge is 2.77. The largest absolute Gasteiger partial charge is 0.466 e. The first kappa shape index (κ1) is 23.4. The number of thioether (sulfide) groups is 1. The Morgan fingerprint density at radius 2 is 2.12 bits per heavy atom. The Bertz CT molecular complexity index is 953. The molecule has 0 aromatic heterocycles. The van der Waals surface area contributed by atoms with Crippen LogP contribution in [0.3, 0.4) is 0 Å². The fourth-order valence-corrected chi connectivity index (χ4v) is 8.40. The van der Waals surface area contributed by atoms with E-state index >= 15 is 0 Å². The minimum Gasteiger partial charge on any atom is -0.466 e. The smallest absolute Gasteiger partial charge is 0.311 e. The van der Waals surface area contributed by atoms with Crippen LogP contribution in [0.2, 0.25) is 5.02 Å². The second-order valence-corrected chi connectivity index (χ2v) is 11.5. The predicted octanol–water partition coefficient (Wildman–Crippen LogP) is 3.01. The number of amides is 2. The van der Waals surface area contributed by atoms with Gasteiger partial charge in [0.15, 0.2) is 0 Å². The molecular weight excluding hydrogens is 452 g/mol. The Hall–Kier alpha value is -1.77. The van der Waals surface area contributed by atoms with Crippen molar-refractivity contribution in [2.24, 2.45) is 11.8 Å². The summed E-state index contributed by atoms with van der Waals surface area (Å²) < 4.78 is 4.12. The molecule has 1 aromatic carbocycles. The lowest BCUT2D eigenvalue weighted by molar-refractivity contribution is -0.155. The number of hydrogen-bond donors (Lipinski definition) is 2. The standard InChI is InChI=1S/C23H29ClN2O5S/c1-5-31-21(30)16-15-20(29)26(13(3)11-27)18(23(15)10-9-22(16,4)32-23)19(28)25-17-12(2)7-6-8-14(17)24/h6-8,13,15-16,18,27H,5,9-11H2,1-4H3,(H,25,28)/t13-,15+,16-,18?,22+,23?/m1/s1. The fraction of sp³-hybridized carbons (Fsp3) is 0.609. The lowest BCUT2D eigenvalue weighted by Gasteiger charge is -2.36. The number of carbonyl (C=O) groups is 3. The number of nitrogens with zero attached hydrogens (tertiary/aromatic N) is 1. The Kier molecular flexibility index (Phi) is 6.01. The number of fused-ring (bicyclic) bond motifs is 1. The molecule has 4 rings (SSSR count). The molecule has 2 amide bonds. The molecule has 3 aliphatic rings. The number of ether oxygens (including phenoxy) is 1. The quantitative estimate of drug-likeness (QED) is 0.607. The lowest BCUT2D eigenvalue weighted by Crippen LogP contribution is -2.54. The number of benzene rings is 1. The van der Waals surface area contributed by atoms with Gasteiger partial charge in [0.25, 0.3) is 0 Å². The van der Waals surface area contributed by atoms with Crippen LogP contribution in [0, 0.1) is 18.8 Å². The molecule has 3 heterocycles. The van der Waals surface area contributed by atoms with Crippen LogP contribution in [0.25, 0.3) is 0 Å². The zero-order chi connectivity index (χ0) is 23.4. The van der Waals surface area contributed by atoms with Crippen LogP contribution in [0.5, 0.6) is 0 Å². The van der Waals surface area contributed by atoms with E-state index in [1.807, 2.05) is 19.9 Å². The molecule has 7 nitrogen and oxygen atoms in total. The Balaban J connectivity index is 1.78. The van der Waals surface area contributed by atoms with Gasteiger partial charge in [-0.2, -0.15) is 0 Å². The number of aliphatic hydroxyl groups excluding tert-OH is 1. The molecule has 174 valence electrons. The van der Waals surface area contributed by atoms with Crippen molar-refractivity contribution in [1.82, 2.24) is 4.90 Å². The van der Waals surface area contributed by atoms with Gasteiger partial charge in [-0.15, -0.1) is 11.8 Å². The topological polar surface area (TPSA) is 95.9 Å². The molecule has 1 aromatic rings. The molecular formula is C23H29ClN2O5S. The van der Waals surface area contributed by atoms with E-state index in [1.165, 1.54) is 4.90 Å². The lowest BCUT2D eigenvalue weighted by atomic mass is 9.66. The number of aliphatic hydroxyl groups is 1. The zero-order valence-electron chi connectivity index (χ0n) is 18.7. The summed E-state index contributed by atoms with van der Waals surface area (Å²) in [4.78, 5) is 41.9. The molecule has 6 atom stereocenters. The first-order valence-electron chi connectivity index (χ1n) is 11.0. The van der Waals surface area contributed by atoms with Gasteiger partial charge < -0.3 is 20.1 Å². The molecule has 2 unspecified atom stereocenters. The molecule has 2 bridgehead atoms. The van der Waals surface area contributed by atoms with Crippen LogP contribution in [0.1, 0.15) is 39.2 Å². The highest BCUT2D eigenvalue weighted by atomic mass is 35.5. The van der Waals surface area contributed by atoms with Crippen LogP contribution in [-0.2, 0) is 19.1 Å². The van der Waals surface area contributed by atoms with E-state index in [2.05, 4.69) is 5.32 Å². The van der Waals surface area contributed by atoms with Gasteiger partial charge in [-0.3, -0.25) is 14.4 Å². The monoisotopic (exact) mass is 480 g/mol. The minimum atomic E-state index is -0.830. The summed E-state index contributed by atoms with van der Waals surface area (Å²) in [6.07, 6.45) is 1.34. The van der Waals surface area contributed by atoms with Crippen molar-refractivity contribution in [2.75, 3.05) is 18.5 Å². The summed E-state index contributed by atoms with van der Waals surface area (Å²) in [5, 5.41) is 13.2. The molecule has 32 heavy (non-hydrogen) atoms. The first-order valence-corrected chi connectivity index (χ1v) is 12.2. The molecule has 0 saturated carbocycles. The second-order valence-electron chi connectivity index (χ2n) is 9.18. The number of para-hydroxylation sites is 1. The number of esters is 1. The van der Waals surface area contributed by atoms with E-state index in [0.717, 1.165) is 5.56 Å². The van der Waals surface area contributed by atoms with Crippen LogP contribution in [0.15, 0.2) is 18.2 Å². The predicted molar refractivity (Wildman–Crippen MR) is 124 cm³/mol. The van der Waals surface area contributed by atoms with Gasteiger partial charge in [0.1, 0.15) is 6.04 Å². The van der Waals surface area contributed by atoms with Crippen LogP contribution >= 0.6 is 23.4 Å². The summed E-state index contributed by atoms with van der Waals surface area (Å²) in [5.41, 5.74) is 1.32. The van der Waals surface area contributed by atoms with Gasteiger partial charge in [0.05, 0.1) is 46.5 Å². The van der Waals surface area contributed by atoms with Gasteiger partial charge in [0, 0.05) is 4.75 Å². The highest BCUT2D eigenvalue weighted by molar-refractivity contribution is 8.02. The Morgan fingerprint density at radius 1 is 1.41 bits per heavy atom. The maximum Gasteiger partial charge on any atom is 0.311 e. The third-order valence-electron chi connectivity index (χ3n) is 7.21. The molecule has 1 spiro atoms. The minimum absolute atomic E-state index is 0.233. The number of halogens is 1. The maximum atomic E-state index is 13.8. The number of hydrogen-bond acceptors (Lipinski definition) is 6. The number of nitrogens with one attached hydrogen (secondary N) is 1. The average Bonchev–Trinajstić information content (AvgIpc) is 3.31. The molecule has 3 fully saturated rings. The molecule has 3 saturated heterocycles. The van der Waals surface area contributed by atoms with Crippen LogP contribution in [-0.4, -0.2) is 62.6 Å². The van der Waals surface area contributed by atoms with E-state index in [0.29, 0.717) is 23.6 Å². The third-order valence-corrected chi connectivity index (χ3v) is 9.51. The SMILES string of the molecule is CCOC(=O)[C@H]1[C@H]2C(=O)N([C@H](C)CO)C(C(=O)Nc3c(C)cccc3Cl)C23CC[C@]1(C)S3. The Morgan fingerprint density at radius 3 is 2.75 bits per heavy atom.